The Morgan fingerprint density at radius 2 is 2.39 bits per heavy atom. The van der Waals surface area contributed by atoms with Crippen molar-refractivity contribution < 1.29 is 4.79 Å². The number of hydrogen-bond acceptors (Lipinski definition) is 2. The summed E-state index contributed by atoms with van der Waals surface area (Å²) in [5, 5.41) is 6.03. The van der Waals surface area contributed by atoms with Gasteiger partial charge in [0.25, 0.3) is 0 Å². The summed E-state index contributed by atoms with van der Waals surface area (Å²) in [4.78, 5) is 16.2. The van der Waals surface area contributed by atoms with Crippen LogP contribution in [0, 0.1) is 0 Å². The largest absolute Gasteiger partial charge is 0.336 e. The summed E-state index contributed by atoms with van der Waals surface area (Å²) in [6.07, 6.45) is 9.03. The van der Waals surface area contributed by atoms with Gasteiger partial charge in [-0.3, -0.25) is 0 Å². The summed E-state index contributed by atoms with van der Waals surface area (Å²) < 4.78 is 1.96. The number of nitrogens with one attached hydrogen (secondary N) is 2. The maximum atomic E-state index is 11.9. The summed E-state index contributed by atoms with van der Waals surface area (Å²) in [5.41, 5.74) is 0. The van der Waals surface area contributed by atoms with Crippen molar-refractivity contribution in [2.45, 2.75) is 51.1 Å². The summed E-state index contributed by atoms with van der Waals surface area (Å²) in [7, 11) is 1.95. The second-order valence-corrected chi connectivity index (χ2v) is 4.98. The van der Waals surface area contributed by atoms with E-state index < -0.39 is 0 Å². The van der Waals surface area contributed by atoms with Crippen molar-refractivity contribution in [2.24, 2.45) is 7.05 Å². The van der Waals surface area contributed by atoms with Gasteiger partial charge in [-0.2, -0.15) is 0 Å². The second kappa shape index (κ2) is 5.89. The topological polar surface area (TPSA) is 59.0 Å². The summed E-state index contributed by atoms with van der Waals surface area (Å²) >= 11 is 0. The Bertz CT molecular complexity index is 397. The number of hydrogen-bond donors (Lipinski definition) is 2. The minimum absolute atomic E-state index is 0.00456. The number of aryl methyl sites for hydroxylation is 1. The molecular formula is C13H22N4O. The fourth-order valence-corrected chi connectivity index (χ4v) is 2.21. The van der Waals surface area contributed by atoms with Crippen LogP contribution in [0.25, 0.3) is 0 Å². The van der Waals surface area contributed by atoms with E-state index in [1.165, 1.54) is 6.42 Å². The lowest BCUT2D eigenvalue weighted by atomic mass is 9.93. The number of urea groups is 1. The Hall–Kier alpha value is -1.52. The molecule has 1 aliphatic rings. The summed E-state index contributed by atoms with van der Waals surface area (Å²) in [6, 6.07) is 0.296. The molecular weight excluding hydrogens is 228 g/mol. The van der Waals surface area contributed by atoms with E-state index in [2.05, 4.69) is 22.5 Å². The van der Waals surface area contributed by atoms with Crippen LogP contribution in [0.3, 0.4) is 0 Å². The Kier molecular flexibility index (Phi) is 4.23. The first kappa shape index (κ1) is 12.9. The Labute approximate surface area is 108 Å². The smallest absolute Gasteiger partial charge is 0.315 e. The van der Waals surface area contributed by atoms with E-state index in [1.54, 1.807) is 6.20 Å². The molecule has 2 N–H and O–H groups in total. The minimum Gasteiger partial charge on any atom is -0.336 e. The number of aromatic nitrogens is 2. The highest BCUT2D eigenvalue weighted by atomic mass is 16.2. The van der Waals surface area contributed by atoms with Gasteiger partial charge >= 0.3 is 6.03 Å². The number of carbonyl (C=O) groups is 1. The van der Waals surface area contributed by atoms with Gasteiger partial charge in [-0.1, -0.05) is 13.3 Å². The molecule has 0 radical (unpaired) electrons. The summed E-state index contributed by atoms with van der Waals surface area (Å²) in [6.45, 7) is 2.11. The van der Waals surface area contributed by atoms with Gasteiger partial charge in [-0.15, -0.1) is 0 Å². The van der Waals surface area contributed by atoms with Crippen molar-refractivity contribution in [2.75, 3.05) is 0 Å². The predicted octanol–water partition coefficient (Wildman–Crippen LogP) is 2.11. The van der Waals surface area contributed by atoms with E-state index in [4.69, 9.17) is 0 Å². The minimum atomic E-state index is -0.0684. The molecule has 2 amide bonds. The molecule has 1 atom stereocenters. The van der Waals surface area contributed by atoms with Gasteiger partial charge in [0.2, 0.25) is 0 Å². The molecule has 1 saturated carbocycles. The molecule has 0 unspecified atom stereocenters. The third-order valence-electron chi connectivity index (χ3n) is 3.49. The molecule has 1 heterocycles. The lowest BCUT2D eigenvalue weighted by Crippen LogP contribution is -2.46. The molecule has 0 aromatic carbocycles. The zero-order valence-corrected chi connectivity index (χ0v) is 11.1. The molecule has 1 aliphatic carbocycles. The number of nitrogens with zero attached hydrogens (tertiary/aromatic N) is 2. The highest BCUT2D eigenvalue weighted by molar-refractivity contribution is 5.74. The van der Waals surface area contributed by atoms with Crippen molar-refractivity contribution in [3.63, 3.8) is 0 Å². The third-order valence-corrected chi connectivity index (χ3v) is 3.49. The van der Waals surface area contributed by atoms with Gasteiger partial charge in [-0.25, -0.2) is 9.78 Å². The van der Waals surface area contributed by atoms with Crippen molar-refractivity contribution in [1.29, 1.82) is 0 Å². The molecule has 2 rings (SSSR count). The van der Waals surface area contributed by atoms with E-state index in [-0.39, 0.29) is 12.1 Å². The van der Waals surface area contributed by atoms with Crippen molar-refractivity contribution in [1.82, 2.24) is 20.2 Å². The average molecular weight is 250 g/mol. The zero-order chi connectivity index (χ0) is 13.0. The van der Waals surface area contributed by atoms with Crippen molar-refractivity contribution >= 4 is 6.03 Å². The standard InChI is InChI=1S/C13H22N4O/c1-3-5-11(12-14-8-9-17(12)2)16-13(18)15-10-6-4-7-10/h8-11H,3-7H2,1-2H3,(H2,15,16,18)/t11-/m1/s1. The van der Waals surface area contributed by atoms with Gasteiger partial charge in [0.15, 0.2) is 0 Å². The van der Waals surface area contributed by atoms with Crippen LogP contribution in [0.2, 0.25) is 0 Å². The van der Waals surface area contributed by atoms with Gasteiger partial charge in [0.1, 0.15) is 5.82 Å². The number of carbonyl (C=O) groups excluding carboxylic acids is 1. The van der Waals surface area contributed by atoms with Crippen molar-refractivity contribution in [3.8, 4) is 0 Å². The lowest BCUT2D eigenvalue weighted by Gasteiger charge is -2.27. The molecule has 1 aromatic rings. The Balaban J connectivity index is 1.93. The lowest BCUT2D eigenvalue weighted by molar-refractivity contribution is 0.223. The molecule has 0 saturated heterocycles. The highest BCUT2D eigenvalue weighted by Crippen LogP contribution is 2.19. The first-order chi connectivity index (χ1) is 8.70. The van der Waals surface area contributed by atoms with Crippen LogP contribution < -0.4 is 10.6 Å². The number of amides is 2. The quantitative estimate of drug-likeness (QED) is 0.841. The van der Waals surface area contributed by atoms with Crippen LogP contribution in [0.1, 0.15) is 50.9 Å². The molecule has 100 valence electrons. The van der Waals surface area contributed by atoms with Crippen molar-refractivity contribution in [3.05, 3.63) is 18.2 Å². The van der Waals surface area contributed by atoms with Crippen LogP contribution in [-0.4, -0.2) is 21.6 Å². The van der Waals surface area contributed by atoms with Gasteiger partial charge in [0.05, 0.1) is 6.04 Å². The Morgan fingerprint density at radius 3 is 2.89 bits per heavy atom. The fraction of sp³-hybridized carbons (Fsp3) is 0.692. The van der Waals surface area contributed by atoms with Gasteiger partial charge < -0.3 is 15.2 Å². The first-order valence-electron chi connectivity index (χ1n) is 6.75. The molecule has 1 aromatic heterocycles. The zero-order valence-electron chi connectivity index (χ0n) is 11.1. The maximum Gasteiger partial charge on any atom is 0.315 e. The predicted molar refractivity (Wildman–Crippen MR) is 70.2 cm³/mol. The molecule has 0 aliphatic heterocycles. The van der Waals surface area contributed by atoms with E-state index in [1.807, 2.05) is 17.8 Å². The second-order valence-electron chi connectivity index (χ2n) is 4.98. The van der Waals surface area contributed by atoms with Crippen LogP contribution in [0.15, 0.2) is 12.4 Å². The first-order valence-corrected chi connectivity index (χ1v) is 6.75. The summed E-state index contributed by atoms with van der Waals surface area (Å²) in [5.74, 6) is 0.917. The van der Waals surface area contributed by atoms with Crippen LogP contribution >= 0.6 is 0 Å². The van der Waals surface area contributed by atoms with E-state index in [9.17, 15) is 4.79 Å². The Morgan fingerprint density at radius 1 is 1.61 bits per heavy atom. The van der Waals surface area contributed by atoms with Crippen LogP contribution in [0.5, 0.6) is 0 Å². The van der Waals surface area contributed by atoms with Crippen LogP contribution in [0.4, 0.5) is 4.79 Å². The van der Waals surface area contributed by atoms with Gasteiger partial charge in [0, 0.05) is 25.5 Å². The number of rotatable bonds is 5. The molecule has 1 fully saturated rings. The van der Waals surface area contributed by atoms with E-state index >= 15 is 0 Å². The van der Waals surface area contributed by atoms with E-state index in [0.29, 0.717) is 6.04 Å². The SMILES string of the molecule is CCC[C@@H](NC(=O)NC1CCC1)c1nccn1C. The third kappa shape index (κ3) is 3.03. The van der Waals surface area contributed by atoms with Gasteiger partial charge in [-0.05, 0) is 25.7 Å². The number of imidazole rings is 1. The highest BCUT2D eigenvalue weighted by Gasteiger charge is 2.22. The maximum absolute atomic E-state index is 11.9. The molecule has 18 heavy (non-hydrogen) atoms. The monoisotopic (exact) mass is 250 g/mol. The normalized spacial score (nSPS) is 17.0. The molecule has 0 bridgehead atoms. The fourth-order valence-electron chi connectivity index (χ4n) is 2.21. The van der Waals surface area contributed by atoms with Crippen LogP contribution in [-0.2, 0) is 7.05 Å². The molecule has 5 heteroatoms. The molecule has 5 nitrogen and oxygen atoms in total. The van der Waals surface area contributed by atoms with E-state index in [0.717, 1.165) is 31.5 Å². The average Bonchev–Trinajstić information content (AvgIpc) is 2.69. The molecule has 0 spiro atoms.